The Morgan fingerprint density at radius 2 is 2.20 bits per heavy atom. The topological polar surface area (TPSA) is 49.3 Å². The molecule has 1 unspecified atom stereocenters. The highest BCUT2D eigenvalue weighted by Gasteiger charge is 2.26. The zero-order chi connectivity index (χ0) is 11.0. The van der Waals surface area contributed by atoms with E-state index in [0.717, 1.165) is 6.07 Å². The highest BCUT2D eigenvalue weighted by Crippen LogP contribution is 2.28. The molecular formula is C10H9F2NO2. The molecule has 1 aromatic rings. The third-order valence-corrected chi connectivity index (χ3v) is 2.51. The van der Waals surface area contributed by atoms with Crippen LogP contribution in [0.4, 0.5) is 14.5 Å². The maximum atomic E-state index is 13.2. The van der Waals surface area contributed by atoms with E-state index in [1.165, 1.54) is 6.07 Å². The molecule has 3 nitrogen and oxygen atoms in total. The summed E-state index contributed by atoms with van der Waals surface area (Å²) in [5.41, 5.74) is 0.597. The molecule has 0 radical (unpaired) electrons. The molecule has 1 aliphatic rings. The molecule has 0 amide bonds. The Hall–Kier alpha value is -1.65. The summed E-state index contributed by atoms with van der Waals surface area (Å²) in [5.74, 6) is -2.77. The number of carboxylic acid groups (broad SMARTS) is 1. The summed E-state index contributed by atoms with van der Waals surface area (Å²) in [6.07, 6.45) is 0.506. The third kappa shape index (κ3) is 1.65. The number of hydrogen-bond acceptors (Lipinski definition) is 2. The number of nitrogens with one attached hydrogen (secondary N) is 1. The van der Waals surface area contributed by atoms with Gasteiger partial charge in [-0.3, -0.25) is 0 Å². The van der Waals surface area contributed by atoms with Gasteiger partial charge in [0.15, 0.2) is 11.6 Å². The maximum Gasteiger partial charge on any atom is 0.326 e. The average Bonchev–Trinajstić information content (AvgIpc) is 2.23. The largest absolute Gasteiger partial charge is 0.480 e. The van der Waals surface area contributed by atoms with E-state index in [0.29, 0.717) is 5.69 Å². The molecule has 2 N–H and O–H groups in total. The van der Waals surface area contributed by atoms with Crippen molar-refractivity contribution in [1.29, 1.82) is 0 Å². The van der Waals surface area contributed by atoms with Crippen LogP contribution in [0.1, 0.15) is 12.0 Å². The number of carbonyl (C=O) groups is 1. The lowest BCUT2D eigenvalue weighted by Crippen LogP contribution is -2.33. The van der Waals surface area contributed by atoms with Crippen molar-refractivity contribution in [2.75, 3.05) is 5.32 Å². The lowest BCUT2D eigenvalue weighted by Gasteiger charge is -2.24. The SMILES string of the molecule is O=C(O)C1CCc2c(ccc(F)c2F)N1. The summed E-state index contributed by atoms with van der Waals surface area (Å²) >= 11 is 0. The maximum absolute atomic E-state index is 13.2. The standard InChI is InChI=1S/C10H9F2NO2/c11-6-2-4-7-5(9(6)12)1-3-8(13-7)10(14)15/h2,4,8,13H,1,3H2,(H,14,15). The second-order valence-corrected chi connectivity index (χ2v) is 3.46. The van der Waals surface area contributed by atoms with Gasteiger partial charge in [0.25, 0.3) is 0 Å². The number of hydrogen-bond donors (Lipinski definition) is 2. The molecule has 15 heavy (non-hydrogen) atoms. The first-order chi connectivity index (χ1) is 7.09. The monoisotopic (exact) mass is 213 g/mol. The van der Waals surface area contributed by atoms with Crippen molar-refractivity contribution in [2.24, 2.45) is 0 Å². The average molecular weight is 213 g/mol. The zero-order valence-electron chi connectivity index (χ0n) is 7.76. The number of carboxylic acids is 1. The van der Waals surface area contributed by atoms with E-state index in [1.54, 1.807) is 0 Å². The Morgan fingerprint density at radius 1 is 1.47 bits per heavy atom. The van der Waals surface area contributed by atoms with Crippen molar-refractivity contribution >= 4 is 11.7 Å². The quantitative estimate of drug-likeness (QED) is 0.747. The Balaban J connectivity index is 2.36. The van der Waals surface area contributed by atoms with Crippen LogP contribution in [0, 0.1) is 11.6 Å². The van der Waals surface area contributed by atoms with Crippen molar-refractivity contribution in [2.45, 2.75) is 18.9 Å². The van der Waals surface area contributed by atoms with Gasteiger partial charge in [0.1, 0.15) is 6.04 Å². The fraction of sp³-hybridized carbons (Fsp3) is 0.300. The normalized spacial score (nSPS) is 19.2. The van der Waals surface area contributed by atoms with Crippen LogP contribution in [-0.2, 0) is 11.2 Å². The van der Waals surface area contributed by atoms with Crippen LogP contribution in [0.2, 0.25) is 0 Å². The molecular weight excluding hydrogens is 204 g/mol. The van der Waals surface area contributed by atoms with E-state index >= 15 is 0 Å². The first kappa shape index (κ1) is 9.89. The van der Waals surface area contributed by atoms with Gasteiger partial charge in [-0.1, -0.05) is 0 Å². The van der Waals surface area contributed by atoms with Crippen LogP contribution < -0.4 is 5.32 Å². The summed E-state index contributed by atoms with van der Waals surface area (Å²) in [6, 6.07) is 1.64. The highest BCUT2D eigenvalue weighted by atomic mass is 19.2. The molecule has 1 atom stereocenters. The van der Waals surface area contributed by atoms with Gasteiger partial charge in [-0.15, -0.1) is 0 Å². The van der Waals surface area contributed by atoms with E-state index in [2.05, 4.69) is 5.32 Å². The molecule has 1 aromatic carbocycles. The Bertz CT molecular complexity index is 420. The summed E-state index contributed by atoms with van der Waals surface area (Å²) in [7, 11) is 0. The lowest BCUT2D eigenvalue weighted by atomic mass is 9.97. The van der Waals surface area contributed by atoms with Gasteiger partial charge >= 0.3 is 5.97 Å². The molecule has 1 heterocycles. The molecule has 5 heteroatoms. The smallest absolute Gasteiger partial charge is 0.326 e. The molecule has 0 spiro atoms. The molecule has 0 saturated heterocycles. The summed E-state index contributed by atoms with van der Waals surface area (Å²) in [5, 5.41) is 11.4. The number of rotatable bonds is 1. The molecule has 0 bridgehead atoms. The van der Waals surface area contributed by atoms with E-state index in [1.807, 2.05) is 0 Å². The van der Waals surface area contributed by atoms with Gasteiger partial charge in [-0.25, -0.2) is 13.6 Å². The molecule has 0 aromatic heterocycles. The molecule has 0 aliphatic carbocycles. The van der Waals surface area contributed by atoms with Crippen LogP contribution in [0.15, 0.2) is 12.1 Å². The minimum Gasteiger partial charge on any atom is -0.480 e. The van der Waals surface area contributed by atoms with Crippen molar-refractivity contribution in [3.05, 3.63) is 29.3 Å². The Morgan fingerprint density at radius 3 is 2.87 bits per heavy atom. The van der Waals surface area contributed by atoms with Crippen LogP contribution >= 0.6 is 0 Å². The van der Waals surface area contributed by atoms with Crippen LogP contribution in [0.3, 0.4) is 0 Å². The summed E-state index contributed by atoms with van der Waals surface area (Å²) in [4.78, 5) is 10.7. The van der Waals surface area contributed by atoms with E-state index in [9.17, 15) is 13.6 Å². The van der Waals surface area contributed by atoms with Gasteiger partial charge < -0.3 is 10.4 Å². The van der Waals surface area contributed by atoms with Gasteiger partial charge in [-0.2, -0.15) is 0 Å². The predicted octanol–water partition coefficient (Wildman–Crippen LogP) is 1.78. The van der Waals surface area contributed by atoms with Gasteiger partial charge in [-0.05, 0) is 25.0 Å². The fourth-order valence-electron chi connectivity index (χ4n) is 1.71. The predicted molar refractivity (Wildman–Crippen MR) is 49.7 cm³/mol. The third-order valence-electron chi connectivity index (χ3n) is 2.51. The van der Waals surface area contributed by atoms with E-state index in [-0.39, 0.29) is 18.4 Å². The van der Waals surface area contributed by atoms with Crippen molar-refractivity contribution < 1.29 is 18.7 Å². The van der Waals surface area contributed by atoms with E-state index in [4.69, 9.17) is 5.11 Å². The molecule has 80 valence electrons. The number of aliphatic carboxylic acids is 1. The Labute approximate surface area is 84.7 Å². The van der Waals surface area contributed by atoms with Gasteiger partial charge in [0, 0.05) is 11.3 Å². The minimum absolute atomic E-state index is 0.229. The fourth-order valence-corrected chi connectivity index (χ4v) is 1.71. The van der Waals surface area contributed by atoms with Gasteiger partial charge in [0.05, 0.1) is 0 Å². The molecule has 2 rings (SSSR count). The zero-order valence-corrected chi connectivity index (χ0v) is 7.76. The second kappa shape index (κ2) is 3.49. The Kier molecular flexibility index (Phi) is 2.30. The van der Waals surface area contributed by atoms with Crippen LogP contribution in [0.5, 0.6) is 0 Å². The summed E-state index contributed by atoms with van der Waals surface area (Å²) in [6.45, 7) is 0. The van der Waals surface area contributed by atoms with Crippen LogP contribution in [-0.4, -0.2) is 17.1 Å². The van der Waals surface area contributed by atoms with E-state index < -0.39 is 23.6 Å². The molecule has 0 saturated carbocycles. The number of halogens is 2. The first-order valence-corrected chi connectivity index (χ1v) is 4.56. The van der Waals surface area contributed by atoms with Crippen LogP contribution in [0.25, 0.3) is 0 Å². The highest BCUT2D eigenvalue weighted by molar-refractivity contribution is 5.78. The first-order valence-electron chi connectivity index (χ1n) is 4.56. The summed E-state index contributed by atoms with van der Waals surface area (Å²) < 4.78 is 26.1. The molecule has 1 aliphatic heterocycles. The number of benzene rings is 1. The minimum atomic E-state index is -0.981. The van der Waals surface area contributed by atoms with Crippen molar-refractivity contribution in [3.8, 4) is 0 Å². The van der Waals surface area contributed by atoms with Gasteiger partial charge in [0.2, 0.25) is 0 Å². The second-order valence-electron chi connectivity index (χ2n) is 3.46. The number of fused-ring (bicyclic) bond motifs is 1. The molecule has 0 fully saturated rings. The number of anilines is 1. The lowest BCUT2D eigenvalue weighted by molar-refractivity contribution is -0.138. The van der Waals surface area contributed by atoms with Crippen molar-refractivity contribution in [3.63, 3.8) is 0 Å². The van der Waals surface area contributed by atoms with Crippen molar-refractivity contribution in [1.82, 2.24) is 0 Å².